The third-order valence-electron chi connectivity index (χ3n) is 1.72. The summed E-state index contributed by atoms with van der Waals surface area (Å²) in [5.74, 6) is -2.51. The van der Waals surface area contributed by atoms with Gasteiger partial charge in [-0.15, -0.1) is 0 Å². The van der Waals surface area contributed by atoms with Crippen LogP contribution in [0.2, 0.25) is 5.02 Å². The Balaban J connectivity index is 3.09. The van der Waals surface area contributed by atoms with Crippen molar-refractivity contribution in [2.75, 3.05) is 6.61 Å². The fourth-order valence-electron chi connectivity index (χ4n) is 1.00. The quantitative estimate of drug-likeness (QED) is 0.373. The number of halogens is 3. The van der Waals surface area contributed by atoms with E-state index in [1.54, 1.807) is 6.92 Å². The molecule has 0 unspecified atom stereocenters. The predicted molar refractivity (Wildman–Crippen MR) is 60.1 cm³/mol. The van der Waals surface area contributed by atoms with E-state index < -0.39 is 17.6 Å². The first-order chi connectivity index (χ1) is 7.47. The van der Waals surface area contributed by atoms with Crippen molar-refractivity contribution in [2.24, 2.45) is 0 Å². The van der Waals surface area contributed by atoms with Crippen molar-refractivity contribution in [3.05, 3.63) is 33.0 Å². The summed E-state index contributed by atoms with van der Waals surface area (Å²) in [6.45, 7) is 1.66. The lowest BCUT2D eigenvalue weighted by Crippen LogP contribution is -2.18. The van der Waals surface area contributed by atoms with Gasteiger partial charge in [-0.2, -0.15) is 0 Å². The minimum absolute atomic E-state index is 0.0598. The Bertz CT molecular complexity index is 448. The molecule has 86 valence electrons. The van der Waals surface area contributed by atoms with E-state index in [-0.39, 0.29) is 21.7 Å². The van der Waals surface area contributed by atoms with Crippen molar-refractivity contribution in [2.45, 2.75) is 6.92 Å². The van der Waals surface area contributed by atoms with Gasteiger partial charge in [0.25, 0.3) is 5.78 Å². The van der Waals surface area contributed by atoms with Gasteiger partial charge in [-0.1, -0.05) is 11.6 Å². The van der Waals surface area contributed by atoms with Crippen LogP contribution in [0.25, 0.3) is 0 Å². The van der Waals surface area contributed by atoms with Crippen molar-refractivity contribution >= 4 is 39.3 Å². The third kappa shape index (κ3) is 2.80. The van der Waals surface area contributed by atoms with Gasteiger partial charge >= 0.3 is 5.97 Å². The Labute approximate surface area is 105 Å². The van der Waals surface area contributed by atoms with E-state index in [0.29, 0.717) is 0 Å². The van der Waals surface area contributed by atoms with Crippen molar-refractivity contribution < 1.29 is 18.7 Å². The van der Waals surface area contributed by atoms with Gasteiger partial charge < -0.3 is 4.74 Å². The summed E-state index contributed by atoms with van der Waals surface area (Å²) < 4.78 is 17.6. The van der Waals surface area contributed by atoms with Crippen LogP contribution in [0.5, 0.6) is 0 Å². The third-order valence-corrected chi connectivity index (χ3v) is 2.64. The summed E-state index contributed by atoms with van der Waals surface area (Å²) in [5, 5.41) is -0.126. The van der Waals surface area contributed by atoms with Gasteiger partial charge in [-0.25, -0.2) is 9.18 Å². The van der Waals surface area contributed by atoms with E-state index >= 15 is 0 Å². The summed E-state index contributed by atoms with van der Waals surface area (Å²) in [6, 6.07) is 2.11. The number of rotatable bonds is 3. The van der Waals surface area contributed by atoms with Crippen LogP contribution in [0, 0.1) is 5.82 Å². The fourth-order valence-corrected chi connectivity index (χ4v) is 1.58. The summed E-state index contributed by atoms with van der Waals surface area (Å²) >= 11 is 8.55. The SMILES string of the molecule is CCOC(=O)C(=O)c1cc(Br)c(F)cc1Cl. The molecule has 0 aliphatic carbocycles. The molecule has 1 aromatic rings. The standard InChI is InChI=1S/C10H7BrClFO3/c1-2-16-10(15)9(14)5-3-6(11)8(13)4-7(5)12/h3-4H,2H2,1H3. The zero-order valence-electron chi connectivity index (χ0n) is 8.22. The second-order valence-electron chi connectivity index (χ2n) is 2.80. The molecule has 0 aromatic heterocycles. The maximum atomic E-state index is 13.0. The highest BCUT2D eigenvalue weighted by molar-refractivity contribution is 9.10. The van der Waals surface area contributed by atoms with Gasteiger partial charge in [0.1, 0.15) is 5.82 Å². The van der Waals surface area contributed by atoms with Crippen LogP contribution in [-0.2, 0) is 9.53 Å². The molecule has 0 aliphatic heterocycles. The number of hydrogen-bond donors (Lipinski definition) is 0. The molecule has 1 rings (SSSR count). The number of ether oxygens (including phenoxy) is 1. The van der Waals surface area contributed by atoms with Gasteiger partial charge in [0.2, 0.25) is 0 Å². The van der Waals surface area contributed by atoms with Crippen molar-refractivity contribution in [1.29, 1.82) is 0 Å². The zero-order valence-corrected chi connectivity index (χ0v) is 10.6. The Morgan fingerprint density at radius 2 is 2.12 bits per heavy atom. The summed E-state index contributed by atoms with van der Waals surface area (Å²) in [5.41, 5.74) is -0.0895. The molecule has 0 bridgehead atoms. The maximum absolute atomic E-state index is 13.0. The first-order valence-corrected chi connectivity index (χ1v) is 5.50. The highest BCUT2D eigenvalue weighted by Crippen LogP contribution is 2.25. The number of Topliss-reactive ketones (excluding diaryl/α,β-unsaturated/α-hetero) is 1. The van der Waals surface area contributed by atoms with E-state index in [4.69, 9.17) is 11.6 Å². The van der Waals surface area contributed by atoms with E-state index in [1.807, 2.05) is 0 Å². The average molecular weight is 310 g/mol. The molecule has 3 nitrogen and oxygen atoms in total. The Morgan fingerprint density at radius 1 is 1.50 bits per heavy atom. The molecule has 0 amide bonds. The molecule has 0 radical (unpaired) electrons. The highest BCUT2D eigenvalue weighted by Gasteiger charge is 2.21. The molecule has 0 saturated carbocycles. The van der Waals surface area contributed by atoms with Crippen LogP contribution >= 0.6 is 27.5 Å². The molecule has 0 spiro atoms. The molecule has 0 aliphatic rings. The van der Waals surface area contributed by atoms with Crippen LogP contribution in [0.15, 0.2) is 16.6 Å². The lowest BCUT2D eigenvalue weighted by atomic mass is 10.1. The number of esters is 1. The molecule has 1 aromatic carbocycles. The van der Waals surface area contributed by atoms with E-state index in [0.717, 1.165) is 12.1 Å². The monoisotopic (exact) mass is 308 g/mol. The van der Waals surface area contributed by atoms with Crippen LogP contribution in [0.3, 0.4) is 0 Å². The molecule has 6 heteroatoms. The normalized spacial score (nSPS) is 10.0. The van der Waals surface area contributed by atoms with Gasteiger partial charge in [0.05, 0.1) is 16.1 Å². The van der Waals surface area contributed by atoms with Crippen LogP contribution in [-0.4, -0.2) is 18.4 Å². The predicted octanol–water partition coefficient (Wildman–Crippen LogP) is 2.99. The zero-order chi connectivity index (χ0) is 12.3. The largest absolute Gasteiger partial charge is 0.460 e. The summed E-state index contributed by atoms with van der Waals surface area (Å²) in [4.78, 5) is 22.7. The van der Waals surface area contributed by atoms with Gasteiger partial charge in [-0.3, -0.25) is 4.79 Å². The number of carbonyl (C=O) groups is 2. The van der Waals surface area contributed by atoms with Crippen LogP contribution in [0.4, 0.5) is 4.39 Å². The minimum Gasteiger partial charge on any atom is -0.460 e. The lowest BCUT2D eigenvalue weighted by molar-refractivity contribution is -0.137. The fraction of sp³-hybridized carbons (Fsp3) is 0.200. The van der Waals surface area contributed by atoms with E-state index in [2.05, 4.69) is 20.7 Å². The Hall–Kier alpha value is -0.940. The number of benzene rings is 1. The first-order valence-electron chi connectivity index (χ1n) is 4.33. The summed E-state index contributed by atoms with van der Waals surface area (Å²) in [6.07, 6.45) is 0. The molecular formula is C10H7BrClFO3. The molecule has 0 N–H and O–H groups in total. The number of ketones is 1. The second kappa shape index (κ2) is 5.41. The molecule has 0 saturated heterocycles. The van der Waals surface area contributed by atoms with Crippen molar-refractivity contribution in [3.8, 4) is 0 Å². The lowest BCUT2D eigenvalue weighted by Gasteiger charge is -2.04. The van der Waals surface area contributed by atoms with E-state index in [1.165, 1.54) is 0 Å². The molecular weight excluding hydrogens is 302 g/mol. The van der Waals surface area contributed by atoms with Gasteiger partial charge in [-0.05, 0) is 35.0 Å². The van der Waals surface area contributed by atoms with Crippen molar-refractivity contribution in [1.82, 2.24) is 0 Å². The molecule has 0 fully saturated rings. The smallest absolute Gasteiger partial charge is 0.379 e. The summed E-state index contributed by atoms with van der Waals surface area (Å²) in [7, 11) is 0. The van der Waals surface area contributed by atoms with Crippen LogP contribution in [0.1, 0.15) is 17.3 Å². The maximum Gasteiger partial charge on any atom is 0.379 e. The highest BCUT2D eigenvalue weighted by atomic mass is 79.9. The molecule has 0 heterocycles. The van der Waals surface area contributed by atoms with Gasteiger partial charge in [0.15, 0.2) is 0 Å². The Morgan fingerprint density at radius 3 is 2.69 bits per heavy atom. The van der Waals surface area contributed by atoms with E-state index in [9.17, 15) is 14.0 Å². The number of carbonyl (C=O) groups excluding carboxylic acids is 2. The second-order valence-corrected chi connectivity index (χ2v) is 4.06. The van der Waals surface area contributed by atoms with Crippen LogP contribution < -0.4 is 0 Å². The number of hydrogen-bond acceptors (Lipinski definition) is 3. The topological polar surface area (TPSA) is 43.4 Å². The van der Waals surface area contributed by atoms with Crippen molar-refractivity contribution in [3.63, 3.8) is 0 Å². The minimum atomic E-state index is -1.01. The van der Waals surface area contributed by atoms with Gasteiger partial charge in [0, 0.05) is 5.56 Å². The first kappa shape index (κ1) is 13.1. The molecule has 0 atom stereocenters. The molecule has 16 heavy (non-hydrogen) atoms. The average Bonchev–Trinajstić information content (AvgIpc) is 2.23. The Kier molecular flexibility index (Phi) is 4.44.